The van der Waals surface area contributed by atoms with E-state index in [0.717, 1.165) is 30.8 Å². The molecule has 142 valence electrons. The van der Waals surface area contributed by atoms with E-state index in [2.05, 4.69) is 42.5 Å². The molecule has 0 radical (unpaired) electrons. The normalized spacial score (nSPS) is 23.9. The summed E-state index contributed by atoms with van der Waals surface area (Å²) < 4.78 is 6.08. The second kappa shape index (κ2) is 7.75. The van der Waals surface area contributed by atoms with E-state index < -0.39 is 5.97 Å². The Labute approximate surface area is 161 Å². The van der Waals surface area contributed by atoms with E-state index in [9.17, 15) is 9.90 Å². The van der Waals surface area contributed by atoms with Gasteiger partial charge in [0.05, 0.1) is 12.5 Å². The maximum Gasteiger partial charge on any atom is 0.306 e. The van der Waals surface area contributed by atoms with E-state index in [1.807, 2.05) is 19.1 Å². The molecule has 2 aromatic rings. The van der Waals surface area contributed by atoms with Crippen molar-refractivity contribution >= 4 is 5.97 Å². The fourth-order valence-corrected chi connectivity index (χ4v) is 4.47. The molecule has 2 fully saturated rings. The summed E-state index contributed by atoms with van der Waals surface area (Å²) >= 11 is 0. The van der Waals surface area contributed by atoms with Gasteiger partial charge in [0, 0.05) is 0 Å². The van der Waals surface area contributed by atoms with Crippen LogP contribution in [0, 0.1) is 17.8 Å². The van der Waals surface area contributed by atoms with Crippen LogP contribution in [0.5, 0.6) is 5.75 Å². The van der Waals surface area contributed by atoms with Crippen molar-refractivity contribution in [2.24, 2.45) is 17.8 Å². The topological polar surface area (TPSA) is 46.5 Å². The van der Waals surface area contributed by atoms with E-state index in [-0.39, 0.29) is 11.8 Å². The van der Waals surface area contributed by atoms with Gasteiger partial charge in [-0.25, -0.2) is 0 Å². The highest BCUT2D eigenvalue weighted by Gasteiger charge is 2.38. The molecule has 2 unspecified atom stereocenters. The van der Waals surface area contributed by atoms with Crippen LogP contribution >= 0.6 is 0 Å². The van der Waals surface area contributed by atoms with Gasteiger partial charge < -0.3 is 9.84 Å². The van der Waals surface area contributed by atoms with Crippen LogP contribution in [-0.4, -0.2) is 17.7 Å². The Kier molecular flexibility index (Phi) is 5.20. The molecule has 0 aliphatic heterocycles. The molecule has 2 aromatic carbocycles. The van der Waals surface area contributed by atoms with Crippen LogP contribution in [0.4, 0.5) is 0 Å². The minimum atomic E-state index is -0.709. The third-order valence-electron chi connectivity index (χ3n) is 6.29. The first kappa shape index (κ1) is 18.1. The SMILES string of the molecule is CC(C(=O)O)C(c1cccc(OCC2CC(c3ccccc3)C2)c1)C1CC1. The predicted octanol–water partition coefficient (Wildman–Crippen LogP) is 5.47. The van der Waals surface area contributed by atoms with Crippen molar-refractivity contribution in [1.29, 1.82) is 0 Å². The van der Waals surface area contributed by atoms with Gasteiger partial charge in [-0.1, -0.05) is 49.4 Å². The average Bonchev–Trinajstić information content (AvgIpc) is 3.47. The number of rotatable bonds is 8. The van der Waals surface area contributed by atoms with E-state index in [1.54, 1.807) is 0 Å². The maximum absolute atomic E-state index is 11.5. The van der Waals surface area contributed by atoms with E-state index in [4.69, 9.17) is 4.74 Å². The van der Waals surface area contributed by atoms with Gasteiger partial charge >= 0.3 is 5.97 Å². The summed E-state index contributed by atoms with van der Waals surface area (Å²) in [5.74, 6) is 1.68. The number of benzene rings is 2. The van der Waals surface area contributed by atoms with Crippen molar-refractivity contribution in [3.8, 4) is 5.75 Å². The van der Waals surface area contributed by atoms with Crippen LogP contribution in [0.25, 0.3) is 0 Å². The lowest BCUT2D eigenvalue weighted by atomic mass is 9.72. The number of carbonyl (C=O) groups is 1. The molecular weight excluding hydrogens is 336 g/mol. The molecule has 2 aliphatic rings. The molecule has 0 heterocycles. The zero-order chi connectivity index (χ0) is 18.8. The minimum Gasteiger partial charge on any atom is -0.493 e. The molecular formula is C24H28O3. The smallest absolute Gasteiger partial charge is 0.306 e. The van der Waals surface area contributed by atoms with Crippen molar-refractivity contribution < 1.29 is 14.6 Å². The van der Waals surface area contributed by atoms with Crippen LogP contribution in [0.3, 0.4) is 0 Å². The summed E-state index contributed by atoms with van der Waals surface area (Å²) in [5.41, 5.74) is 2.55. The minimum absolute atomic E-state index is 0.0946. The number of aliphatic carboxylic acids is 1. The molecule has 2 aliphatic carbocycles. The molecule has 0 bridgehead atoms. The zero-order valence-electron chi connectivity index (χ0n) is 15.9. The van der Waals surface area contributed by atoms with Crippen molar-refractivity contribution in [3.63, 3.8) is 0 Å². The second-order valence-corrected chi connectivity index (χ2v) is 8.32. The molecule has 2 atom stereocenters. The van der Waals surface area contributed by atoms with Crippen LogP contribution < -0.4 is 4.74 Å². The monoisotopic (exact) mass is 364 g/mol. The predicted molar refractivity (Wildman–Crippen MR) is 106 cm³/mol. The Balaban J connectivity index is 1.34. The molecule has 0 aromatic heterocycles. The zero-order valence-corrected chi connectivity index (χ0v) is 15.9. The summed E-state index contributed by atoms with van der Waals surface area (Å²) in [4.78, 5) is 11.5. The molecule has 1 N–H and O–H groups in total. The van der Waals surface area contributed by atoms with Gasteiger partial charge in [0.2, 0.25) is 0 Å². The lowest BCUT2D eigenvalue weighted by molar-refractivity contribution is -0.142. The first-order valence-electron chi connectivity index (χ1n) is 10.1. The van der Waals surface area contributed by atoms with Crippen LogP contribution in [0.15, 0.2) is 54.6 Å². The Hall–Kier alpha value is -2.29. The molecule has 0 spiro atoms. The third-order valence-corrected chi connectivity index (χ3v) is 6.29. The fraction of sp³-hybridized carbons (Fsp3) is 0.458. The summed E-state index contributed by atoms with van der Waals surface area (Å²) in [6.07, 6.45) is 4.64. The van der Waals surface area contributed by atoms with Crippen molar-refractivity contribution in [2.75, 3.05) is 6.61 Å². The Bertz CT molecular complexity index is 775. The van der Waals surface area contributed by atoms with Gasteiger partial charge in [-0.05, 0) is 72.6 Å². The van der Waals surface area contributed by atoms with Gasteiger partial charge in [-0.15, -0.1) is 0 Å². The van der Waals surface area contributed by atoms with Gasteiger partial charge in [-0.3, -0.25) is 4.79 Å². The van der Waals surface area contributed by atoms with Crippen molar-refractivity contribution in [2.45, 2.75) is 44.4 Å². The molecule has 3 nitrogen and oxygen atoms in total. The van der Waals surface area contributed by atoms with E-state index >= 15 is 0 Å². The van der Waals surface area contributed by atoms with Crippen LogP contribution in [-0.2, 0) is 4.79 Å². The van der Waals surface area contributed by atoms with Gasteiger partial charge in [0.1, 0.15) is 5.75 Å². The molecule has 0 amide bonds. The molecule has 4 rings (SSSR count). The summed E-state index contributed by atoms with van der Waals surface area (Å²) in [6.45, 7) is 2.58. The largest absolute Gasteiger partial charge is 0.493 e. The molecule has 27 heavy (non-hydrogen) atoms. The number of carboxylic acid groups (broad SMARTS) is 1. The molecule has 2 saturated carbocycles. The summed E-state index contributed by atoms with van der Waals surface area (Å²) in [6, 6.07) is 18.8. The summed E-state index contributed by atoms with van der Waals surface area (Å²) in [7, 11) is 0. The van der Waals surface area contributed by atoms with Gasteiger partial charge in [0.25, 0.3) is 0 Å². The summed E-state index contributed by atoms with van der Waals surface area (Å²) in [5, 5.41) is 9.46. The lowest BCUT2D eigenvalue weighted by Crippen LogP contribution is -2.27. The quantitative estimate of drug-likeness (QED) is 0.675. The van der Waals surface area contributed by atoms with Gasteiger partial charge in [0.15, 0.2) is 0 Å². The first-order chi connectivity index (χ1) is 13.1. The van der Waals surface area contributed by atoms with Crippen LogP contribution in [0.2, 0.25) is 0 Å². The standard InChI is InChI=1S/C24H28O3/c1-16(24(25)26)23(19-10-11-19)20-8-5-9-22(14-20)27-15-17-12-21(13-17)18-6-3-2-4-7-18/h2-9,14,16-17,19,21,23H,10-13,15H2,1H3,(H,25,26). The number of hydrogen-bond donors (Lipinski definition) is 1. The first-order valence-corrected chi connectivity index (χ1v) is 10.1. The fourth-order valence-electron chi connectivity index (χ4n) is 4.47. The second-order valence-electron chi connectivity index (χ2n) is 8.32. The maximum atomic E-state index is 11.5. The molecule has 0 saturated heterocycles. The Morgan fingerprint density at radius 2 is 1.85 bits per heavy atom. The highest BCUT2D eigenvalue weighted by molar-refractivity contribution is 5.71. The third kappa shape index (κ3) is 4.18. The number of hydrogen-bond acceptors (Lipinski definition) is 2. The van der Waals surface area contributed by atoms with Gasteiger partial charge in [-0.2, -0.15) is 0 Å². The number of carboxylic acids is 1. The molecule has 3 heteroatoms. The van der Waals surface area contributed by atoms with Crippen molar-refractivity contribution in [3.05, 3.63) is 65.7 Å². The van der Waals surface area contributed by atoms with Crippen molar-refractivity contribution in [1.82, 2.24) is 0 Å². The Morgan fingerprint density at radius 1 is 1.11 bits per heavy atom. The van der Waals surface area contributed by atoms with E-state index in [0.29, 0.717) is 17.8 Å². The number of ether oxygens (including phenoxy) is 1. The van der Waals surface area contributed by atoms with E-state index in [1.165, 1.54) is 18.4 Å². The van der Waals surface area contributed by atoms with Crippen LogP contribution in [0.1, 0.15) is 55.6 Å². The average molecular weight is 364 g/mol. The Morgan fingerprint density at radius 3 is 2.52 bits per heavy atom. The lowest BCUT2D eigenvalue weighted by Gasteiger charge is -2.35. The highest BCUT2D eigenvalue weighted by atomic mass is 16.5. The highest BCUT2D eigenvalue weighted by Crippen LogP contribution is 2.47.